The molecule has 0 spiro atoms. The van der Waals surface area contributed by atoms with Crippen LogP contribution in [-0.4, -0.2) is 65.2 Å². The Kier molecular flexibility index (Phi) is 5.52. The number of carbonyl (C=O) groups excluding carboxylic acids is 4. The summed E-state index contributed by atoms with van der Waals surface area (Å²) in [6, 6.07) is 2.83. The number of imide groups is 1. The average Bonchev–Trinajstić information content (AvgIpc) is 3.35. The second-order valence-corrected chi connectivity index (χ2v) is 8.35. The summed E-state index contributed by atoms with van der Waals surface area (Å²) in [5.41, 5.74) is 3.27. The first kappa shape index (κ1) is 22.3. The van der Waals surface area contributed by atoms with Crippen LogP contribution >= 0.6 is 0 Å². The van der Waals surface area contributed by atoms with E-state index in [9.17, 15) is 23.6 Å². The fraction of sp³-hybridized carbons (Fsp3) is 0.304. The maximum atomic E-state index is 13.7. The Morgan fingerprint density at radius 2 is 1.97 bits per heavy atom. The van der Waals surface area contributed by atoms with Gasteiger partial charge in [0.1, 0.15) is 11.9 Å². The largest absolute Gasteiger partial charge is 0.358 e. The van der Waals surface area contributed by atoms with Crippen molar-refractivity contribution in [3.8, 4) is 0 Å². The molecule has 1 aromatic heterocycles. The zero-order valence-corrected chi connectivity index (χ0v) is 18.7. The number of urea groups is 1. The lowest BCUT2D eigenvalue weighted by atomic mass is 10.0. The first-order valence-corrected chi connectivity index (χ1v) is 10.4. The highest BCUT2D eigenvalue weighted by Gasteiger charge is 2.37. The van der Waals surface area contributed by atoms with Crippen molar-refractivity contribution in [3.63, 3.8) is 0 Å². The molecule has 2 aliphatic rings. The maximum absolute atomic E-state index is 13.7. The Hall–Kier alpha value is -3.95. The lowest BCUT2D eigenvalue weighted by Crippen LogP contribution is -2.46. The summed E-state index contributed by atoms with van der Waals surface area (Å²) in [6.45, 7) is 3.67. The van der Waals surface area contributed by atoms with E-state index in [1.54, 1.807) is 34.0 Å². The van der Waals surface area contributed by atoms with Crippen LogP contribution in [0.3, 0.4) is 0 Å². The predicted octanol–water partition coefficient (Wildman–Crippen LogP) is 2.28. The molecule has 0 bridgehead atoms. The number of H-pyrrole nitrogens is 1. The van der Waals surface area contributed by atoms with E-state index in [1.807, 2.05) is 0 Å². The molecule has 3 N–H and O–H groups in total. The fourth-order valence-electron chi connectivity index (χ4n) is 4.18. The summed E-state index contributed by atoms with van der Waals surface area (Å²) in [7, 11) is 3.11. The minimum Gasteiger partial charge on any atom is -0.358 e. The molecule has 1 fully saturated rings. The van der Waals surface area contributed by atoms with E-state index in [0.29, 0.717) is 40.2 Å². The van der Waals surface area contributed by atoms with Gasteiger partial charge < -0.3 is 20.5 Å². The number of amides is 5. The van der Waals surface area contributed by atoms with Crippen molar-refractivity contribution < 1.29 is 23.6 Å². The van der Waals surface area contributed by atoms with Gasteiger partial charge in [-0.1, -0.05) is 0 Å². The maximum Gasteiger partial charge on any atom is 0.326 e. The van der Waals surface area contributed by atoms with Crippen LogP contribution in [0.25, 0.3) is 11.6 Å². The summed E-state index contributed by atoms with van der Waals surface area (Å²) in [5, 5.41) is 5.41. The highest BCUT2D eigenvalue weighted by atomic mass is 19.1. The lowest BCUT2D eigenvalue weighted by Gasteiger charge is -2.19. The van der Waals surface area contributed by atoms with Crippen LogP contribution in [0.5, 0.6) is 0 Å². The third kappa shape index (κ3) is 3.88. The van der Waals surface area contributed by atoms with Crippen molar-refractivity contribution in [2.75, 3.05) is 26.0 Å². The molecule has 3 heterocycles. The molecule has 1 aromatic carbocycles. The van der Waals surface area contributed by atoms with E-state index in [4.69, 9.17) is 0 Å². The van der Waals surface area contributed by atoms with Crippen molar-refractivity contribution >= 4 is 41.1 Å². The number of nitrogens with one attached hydrogen (secondary N) is 3. The number of carbonyl (C=O) groups is 4. The number of rotatable bonds is 3. The molecule has 0 aliphatic carbocycles. The van der Waals surface area contributed by atoms with E-state index < -0.39 is 29.7 Å². The number of benzene rings is 1. The van der Waals surface area contributed by atoms with Crippen molar-refractivity contribution in [3.05, 3.63) is 52.1 Å². The van der Waals surface area contributed by atoms with Crippen LogP contribution in [0, 0.1) is 19.7 Å². The zero-order chi connectivity index (χ0) is 24.0. The number of likely N-dealkylation sites (tertiary alicyclic amines) is 1. The molecule has 172 valence electrons. The van der Waals surface area contributed by atoms with Crippen molar-refractivity contribution in [2.45, 2.75) is 26.3 Å². The molecule has 0 saturated carbocycles. The van der Waals surface area contributed by atoms with Gasteiger partial charge in [0.2, 0.25) is 0 Å². The number of anilines is 1. The second-order valence-electron chi connectivity index (χ2n) is 8.35. The third-order valence-electron chi connectivity index (χ3n) is 5.88. The minimum absolute atomic E-state index is 0.230. The van der Waals surface area contributed by atoms with Crippen LogP contribution in [-0.2, 0) is 9.59 Å². The van der Waals surface area contributed by atoms with E-state index in [0.717, 1.165) is 4.90 Å². The molecule has 2 aromatic rings. The standard InChI is InChI=1S/C23H24FN5O4/c1-11-18(10-15-14-9-13(24)5-6-16(14)26-20(15)30)25-12(2)19(11)21(31)27-17-7-8-29(22(17)32)23(33)28(3)4/h5-6,9-10,17,25H,7-8H2,1-4H3,(H,26,30)(H,27,31)/b15-10-/t17-/m0/s1. The first-order valence-electron chi connectivity index (χ1n) is 10.4. The summed E-state index contributed by atoms with van der Waals surface area (Å²) >= 11 is 0. The van der Waals surface area contributed by atoms with Crippen molar-refractivity contribution in [2.24, 2.45) is 0 Å². The van der Waals surface area contributed by atoms with Gasteiger partial charge in [-0.05, 0) is 50.1 Å². The zero-order valence-electron chi connectivity index (χ0n) is 18.7. The minimum atomic E-state index is -0.799. The van der Waals surface area contributed by atoms with Crippen LogP contribution in [0.2, 0.25) is 0 Å². The van der Waals surface area contributed by atoms with E-state index in [2.05, 4.69) is 15.6 Å². The van der Waals surface area contributed by atoms with Crippen molar-refractivity contribution in [1.82, 2.24) is 20.1 Å². The smallest absolute Gasteiger partial charge is 0.326 e. The summed E-state index contributed by atoms with van der Waals surface area (Å²) in [5.74, 6) is -1.73. The van der Waals surface area contributed by atoms with Crippen LogP contribution in [0.15, 0.2) is 18.2 Å². The SMILES string of the molecule is Cc1[nH]c(/C=C2\C(=O)Nc3ccc(F)cc32)c(C)c1C(=O)N[C@H]1CCN(C(=O)N(C)C)C1=O. The molecule has 9 nitrogen and oxygen atoms in total. The molecule has 33 heavy (non-hydrogen) atoms. The van der Waals surface area contributed by atoms with Gasteiger partial charge >= 0.3 is 6.03 Å². The number of fused-ring (bicyclic) bond motifs is 1. The molecule has 0 unspecified atom stereocenters. The highest BCUT2D eigenvalue weighted by molar-refractivity contribution is 6.35. The van der Waals surface area contributed by atoms with E-state index >= 15 is 0 Å². The summed E-state index contributed by atoms with van der Waals surface area (Å²) in [6.07, 6.45) is 1.91. The Balaban J connectivity index is 1.58. The van der Waals surface area contributed by atoms with Crippen LogP contribution < -0.4 is 10.6 Å². The Bertz CT molecular complexity index is 1230. The monoisotopic (exact) mass is 453 g/mol. The molecule has 4 rings (SSSR count). The number of hydrogen-bond donors (Lipinski definition) is 3. The van der Waals surface area contributed by atoms with Crippen molar-refractivity contribution in [1.29, 1.82) is 0 Å². The predicted molar refractivity (Wildman–Crippen MR) is 120 cm³/mol. The second kappa shape index (κ2) is 8.19. The number of halogens is 1. The lowest BCUT2D eigenvalue weighted by molar-refractivity contribution is -0.127. The summed E-state index contributed by atoms with van der Waals surface area (Å²) < 4.78 is 13.7. The van der Waals surface area contributed by atoms with Gasteiger partial charge in [-0.15, -0.1) is 0 Å². The number of aryl methyl sites for hydroxylation is 1. The summed E-state index contributed by atoms with van der Waals surface area (Å²) in [4.78, 5) is 55.6. The Morgan fingerprint density at radius 1 is 1.24 bits per heavy atom. The number of aromatic amines is 1. The van der Waals surface area contributed by atoms with Gasteiger partial charge in [-0.2, -0.15) is 0 Å². The first-order chi connectivity index (χ1) is 15.6. The number of nitrogens with zero attached hydrogens (tertiary/aromatic N) is 2. The molecule has 2 aliphatic heterocycles. The van der Waals surface area contributed by atoms with E-state index in [-0.39, 0.29) is 18.0 Å². The van der Waals surface area contributed by atoms with Gasteiger partial charge in [0.15, 0.2) is 0 Å². The number of aromatic nitrogens is 1. The van der Waals surface area contributed by atoms with Gasteiger partial charge in [0, 0.05) is 43.3 Å². The van der Waals surface area contributed by atoms with Crippen LogP contribution in [0.1, 0.15) is 39.3 Å². The molecule has 0 radical (unpaired) electrons. The van der Waals surface area contributed by atoms with Gasteiger partial charge in [0.25, 0.3) is 17.7 Å². The molecule has 1 saturated heterocycles. The van der Waals surface area contributed by atoms with Gasteiger partial charge in [-0.25, -0.2) is 9.18 Å². The van der Waals surface area contributed by atoms with Gasteiger partial charge in [-0.3, -0.25) is 19.3 Å². The molecule has 10 heteroatoms. The van der Waals surface area contributed by atoms with Crippen LogP contribution in [0.4, 0.5) is 14.9 Å². The normalized spacial score (nSPS) is 18.5. The quantitative estimate of drug-likeness (QED) is 0.619. The van der Waals surface area contributed by atoms with E-state index in [1.165, 1.54) is 23.1 Å². The molecular weight excluding hydrogens is 429 g/mol. The third-order valence-corrected chi connectivity index (χ3v) is 5.88. The van der Waals surface area contributed by atoms with Gasteiger partial charge in [0.05, 0.1) is 11.1 Å². The average molecular weight is 453 g/mol. The number of hydrogen-bond acceptors (Lipinski definition) is 4. The topological polar surface area (TPSA) is 115 Å². The molecule has 5 amide bonds. The Morgan fingerprint density at radius 3 is 2.67 bits per heavy atom. The highest BCUT2D eigenvalue weighted by Crippen LogP contribution is 2.34. The molecule has 1 atom stereocenters. The molecular formula is C23H24FN5O4. The Labute approximate surface area is 189 Å². The fourth-order valence-corrected chi connectivity index (χ4v) is 4.18.